The third-order valence-corrected chi connectivity index (χ3v) is 3.05. The Kier molecular flexibility index (Phi) is 3.09. The number of nitrogen functional groups attached to an aromatic ring is 1. The number of hydrogen-bond acceptors (Lipinski definition) is 5. The quantitative estimate of drug-likeness (QED) is 0.789. The maximum Gasteiger partial charge on any atom is 0.230 e. The summed E-state index contributed by atoms with van der Waals surface area (Å²) in [5.74, 6) is 0.994. The predicted molar refractivity (Wildman–Crippen MR) is 76.1 cm³/mol. The fourth-order valence-electron chi connectivity index (χ4n) is 2.12. The summed E-state index contributed by atoms with van der Waals surface area (Å²) in [5.41, 5.74) is 9.06. The molecule has 0 unspecified atom stereocenters. The molecule has 0 spiro atoms. The number of hydrogen-bond donors (Lipinski definition) is 1. The van der Waals surface area contributed by atoms with Crippen molar-refractivity contribution in [3.8, 4) is 28.1 Å². The van der Waals surface area contributed by atoms with E-state index in [0.717, 1.165) is 22.4 Å². The van der Waals surface area contributed by atoms with E-state index in [1.54, 1.807) is 19.5 Å². The van der Waals surface area contributed by atoms with Crippen molar-refractivity contribution in [1.29, 1.82) is 0 Å². The number of pyridine rings is 1. The Bertz CT molecular complexity index is 723. The Morgan fingerprint density at radius 3 is 2.60 bits per heavy atom. The first-order valence-corrected chi connectivity index (χ1v) is 6.10. The standard InChI is InChI=1S/C15H13N3O2/c1-19-12-5-3-2-4-11(12)14-13(15(16)20-18-14)10-6-8-17-9-7-10/h2-9H,16H2,1H3. The van der Waals surface area contributed by atoms with Gasteiger partial charge in [-0.25, -0.2) is 0 Å². The van der Waals surface area contributed by atoms with Crippen LogP contribution in [0.15, 0.2) is 53.3 Å². The lowest BCUT2D eigenvalue weighted by Gasteiger charge is -2.07. The van der Waals surface area contributed by atoms with Gasteiger partial charge in [0.15, 0.2) is 0 Å². The number of rotatable bonds is 3. The molecule has 5 nitrogen and oxygen atoms in total. The molecule has 0 amide bonds. The van der Waals surface area contributed by atoms with E-state index in [1.165, 1.54) is 0 Å². The van der Waals surface area contributed by atoms with Gasteiger partial charge in [-0.2, -0.15) is 0 Å². The van der Waals surface area contributed by atoms with E-state index < -0.39 is 0 Å². The van der Waals surface area contributed by atoms with Gasteiger partial charge in [0.25, 0.3) is 0 Å². The van der Waals surface area contributed by atoms with Gasteiger partial charge in [0.2, 0.25) is 5.88 Å². The Balaban J connectivity index is 2.22. The molecule has 3 rings (SSSR count). The van der Waals surface area contributed by atoms with Crippen LogP contribution in [0.1, 0.15) is 0 Å². The molecule has 0 bridgehead atoms. The monoisotopic (exact) mass is 267 g/mol. The van der Waals surface area contributed by atoms with Gasteiger partial charge in [-0.15, -0.1) is 0 Å². The first-order chi connectivity index (χ1) is 9.81. The molecular weight excluding hydrogens is 254 g/mol. The lowest BCUT2D eigenvalue weighted by Crippen LogP contribution is -1.91. The summed E-state index contributed by atoms with van der Waals surface area (Å²) in [4.78, 5) is 4.00. The van der Waals surface area contributed by atoms with Crippen LogP contribution in [0.3, 0.4) is 0 Å². The third kappa shape index (κ3) is 1.99. The molecule has 20 heavy (non-hydrogen) atoms. The van der Waals surface area contributed by atoms with Gasteiger partial charge in [-0.3, -0.25) is 4.98 Å². The molecule has 3 aromatic rings. The summed E-state index contributed by atoms with van der Waals surface area (Å²) >= 11 is 0. The molecule has 0 fully saturated rings. The summed E-state index contributed by atoms with van der Waals surface area (Å²) < 4.78 is 10.5. The van der Waals surface area contributed by atoms with Crippen LogP contribution in [0.4, 0.5) is 5.88 Å². The lowest BCUT2D eigenvalue weighted by atomic mass is 10.0. The average molecular weight is 267 g/mol. The van der Waals surface area contributed by atoms with Crippen molar-refractivity contribution >= 4 is 5.88 Å². The minimum Gasteiger partial charge on any atom is -0.496 e. The van der Waals surface area contributed by atoms with Crippen molar-refractivity contribution in [2.24, 2.45) is 0 Å². The molecule has 5 heteroatoms. The topological polar surface area (TPSA) is 74.2 Å². The Morgan fingerprint density at radius 2 is 1.85 bits per heavy atom. The molecule has 2 N–H and O–H groups in total. The highest BCUT2D eigenvalue weighted by Gasteiger charge is 2.19. The summed E-state index contributed by atoms with van der Waals surface area (Å²) in [7, 11) is 1.62. The highest BCUT2D eigenvalue weighted by atomic mass is 16.5. The summed E-state index contributed by atoms with van der Waals surface area (Å²) in [6.07, 6.45) is 3.40. The van der Waals surface area contributed by atoms with Crippen molar-refractivity contribution in [2.45, 2.75) is 0 Å². The van der Waals surface area contributed by atoms with Crippen LogP contribution in [0.25, 0.3) is 22.4 Å². The minimum absolute atomic E-state index is 0.275. The van der Waals surface area contributed by atoms with Gasteiger partial charge < -0.3 is 15.0 Å². The molecule has 2 heterocycles. The number of nitrogens with two attached hydrogens (primary N) is 1. The molecule has 0 aliphatic carbocycles. The van der Waals surface area contributed by atoms with E-state index in [-0.39, 0.29) is 5.88 Å². The number of ether oxygens (including phenoxy) is 1. The SMILES string of the molecule is COc1ccccc1-c1noc(N)c1-c1ccncc1. The first kappa shape index (κ1) is 12.2. The van der Waals surface area contributed by atoms with Gasteiger partial charge >= 0.3 is 0 Å². The van der Waals surface area contributed by atoms with Gasteiger partial charge in [-0.1, -0.05) is 17.3 Å². The highest BCUT2D eigenvalue weighted by Crippen LogP contribution is 2.39. The van der Waals surface area contributed by atoms with Gasteiger partial charge in [0, 0.05) is 18.0 Å². The molecule has 0 radical (unpaired) electrons. The Morgan fingerprint density at radius 1 is 1.10 bits per heavy atom. The molecule has 100 valence electrons. The molecule has 0 saturated heterocycles. The highest BCUT2D eigenvalue weighted by molar-refractivity contribution is 5.88. The van der Waals surface area contributed by atoms with Crippen LogP contribution in [0.2, 0.25) is 0 Å². The van der Waals surface area contributed by atoms with Crippen LogP contribution < -0.4 is 10.5 Å². The number of nitrogens with zero attached hydrogens (tertiary/aromatic N) is 2. The minimum atomic E-state index is 0.275. The second-order valence-corrected chi connectivity index (χ2v) is 4.21. The van der Waals surface area contributed by atoms with E-state index in [4.69, 9.17) is 15.0 Å². The Labute approximate surface area is 116 Å². The molecule has 1 aromatic carbocycles. The normalized spacial score (nSPS) is 10.4. The molecule has 0 aliphatic rings. The second kappa shape index (κ2) is 5.05. The van der Waals surface area contributed by atoms with Crippen molar-refractivity contribution in [1.82, 2.24) is 10.1 Å². The van der Waals surface area contributed by atoms with Crippen LogP contribution in [-0.4, -0.2) is 17.3 Å². The lowest BCUT2D eigenvalue weighted by molar-refractivity contribution is 0.414. The van der Waals surface area contributed by atoms with Crippen LogP contribution >= 0.6 is 0 Å². The summed E-state index contributed by atoms with van der Waals surface area (Å²) in [6, 6.07) is 11.3. The second-order valence-electron chi connectivity index (χ2n) is 4.21. The molecule has 0 atom stereocenters. The number of methoxy groups -OCH3 is 1. The zero-order chi connectivity index (χ0) is 13.9. The smallest absolute Gasteiger partial charge is 0.230 e. The molecular formula is C15H13N3O2. The van der Waals surface area contributed by atoms with Gasteiger partial charge in [0.05, 0.1) is 12.7 Å². The zero-order valence-corrected chi connectivity index (χ0v) is 10.9. The molecule has 0 aliphatic heterocycles. The zero-order valence-electron chi connectivity index (χ0n) is 10.9. The first-order valence-electron chi connectivity index (χ1n) is 6.10. The van der Waals surface area contributed by atoms with E-state index in [9.17, 15) is 0 Å². The summed E-state index contributed by atoms with van der Waals surface area (Å²) in [6.45, 7) is 0. The third-order valence-electron chi connectivity index (χ3n) is 3.05. The molecule has 0 saturated carbocycles. The van der Waals surface area contributed by atoms with Gasteiger partial charge in [-0.05, 0) is 29.8 Å². The number of para-hydroxylation sites is 1. The van der Waals surface area contributed by atoms with E-state index in [2.05, 4.69) is 10.1 Å². The number of aromatic nitrogens is 2. The Hall–Kier alpha value is -2.82. The van der Waals surface area contributed by atoms with Gasteiger partial charge in [0.1, 0.15) is 11.4 Å². The van der Waals surface area contributed by atoms with Crippen LogP contribution in [0, 0.1) is 0 Å². The van der Waals surface area contributed by atoms with E-state index in [0.29, 0.717) is 5.69 Å². The number of anilines is 1. The van der Waals surface area contributed by atoms with E-state index in [1.807, 2.05) is 36.4 Å². The number of benzene rings is 1. The van der Waals surface area contributed by atoms with Crippen molar-refractivity contribution in [3.05, 3.63) is 48.8 Å². The maximum atomic E-state index is 5.91. The van der Waals surface area contributed by atoms with Crippen molar-refractivity contribution < 1.29 is 9.26 Å². The van der Waals surface area contributed by atoms with Crippen molar-refractivity contribution in [3.63, 3.8) is 0 Å². The summed E-state index contributed by atoms with van der Waals surface area (Å²) in [5, 5.41) is 4.07. The largest absolute Gasteiger partial charge is 0.496 e. The fraction of sp³-hybridized carbons (Fsp3) is 0.0667. The maximum absolute atomic E-state index is 5.91. The van der Waals surface area contributed by atoms with Crippen LogP contribution in [-0.2, 0) is 0 Å². The van der Waals surface area contributed by atoms with Crippen LogP contribution in [0.5, 0.6) is 5.75 Å². The average Bonchev–Trinajstić information content (AvgIpc) is 2.89. The predicted octanol–water partition coefficient (Wildman–Crippen LogP) is 2.99. The van der Waals surface area contributed by atoms with Crippen molar-refractivity contribution in [2.75, 3.05) is 12.8 Å². The fourth-order valence-corrected chi connectivity index (χ4v) is 2.12. The van der Waals surface area contributed by atoms with E-state index >= 15 is 0 Å². The molecule has 2 aromatic heterocycles.